The van der Waals surface area contributed by atoms with Crippen molar-refractivity contribution in [1.82, 2.24) is 0 Å². The van der Waals surface area contributed by atoms with Gasteiger partial charge in [0, 0.05) is 10.6 Å². The lowest BCUT2D eigenvalue weighted by atomic mass is 10.0. The van der Waals surface area contributed by atoms with Crippen LogP contribution in [0.2, 0.25) is 0 Å². The smallest absolute Gasteiger partial charge is 0.165 e. The Morgan fingerprint density at radius 2 is 2.17 bits per heavy atom. The maximum absolute atomic E-state index is 12.9. The van der Waals surface area contributed by atoms with Crippen LogP contribution in [-0.2, 0) is 4.79 Å². The molecule has 0 radical (unpaired) electrons. The van der Waals surface area contributed by atoms with E-state index in [9.17, 15) is 13.6 Å². The number of hydrogen-bond acceptors (Lipinski definition) is 4. The van der Waals surface area contributed by atoms with Gasteiger partial charge < -0.3 is 5.41 Å². The molecule has 1 rings (SSSR count). The zero-order valence-corrected chi connectivity index (χ0v) is 10.4. The van der Waals surface area contributed by atoms with E-state index in [2.05, 4.69) is 0 Å². The fourth-order valence-electron chi connectivity index (χ4n) is 1.21. The Kier molecular flexibility index (Phi) is 4.98. The summed E-state index contributed by atoms with van der Waals surface area (Å²) in [6.07, 6.45) is 0. The van der Waals surface area contributed by atoms with Crippen molar-refractivity contribution in [2.24, 2.45) is 5.92 Å². The van der Waals surface area contributed by atoms with Crippen LogP contribution in [0.5, 0.6) is 0 Å². The van der Waals surface area contributed by atoms with E-state index in [-0.39, 0.29) is 11.5 Å². The number of hydrogen-bond donors (Lipinski definition) is 1. The highest BCUT2D eigenvalue weighted by Gasteiger charge is 2.20. The SMILES string of the molecule is CC(=N)C(C#N)C(=O)CSc1ccc(F)c(F)c1. The maximum atomic E-state index is 12.9. The Balaban J connectivity index is 2.65. The zero-order valence-electron chi connectivity index (χ0n) is 9.54. The van der Waals surface area contributed by atoms with Crippen molar-refractivity contribution in [3.8, 4) is 6.07 Å². The first kappa shape index (κ1) is 14.3. The van der Waals surface area contributed by atoms with Crippen molar-refractivity contribution in [3.05, 3.63) is 29.8 Å². The number of carbonyl (C=O) groups is 1. The lowest BCUT2D eigenvalue weighted by molar-refractivity contribution is -0.117. The summed E-state index contributed by atoms with van der Waals surface area (Å²) in [7, 11) is 0. The minimum Gasteiger partial charge on any atom is -0.308 e. The summed E-state index contributed by atoms with van der Waals surface area (Å²) in [6, 6.07) is 5.06. The van der Waals surface area contributed by atoms with E-state index in [0.717, 1.165) is 23.9 Å². The molecule has 0 spiro atoms. The fourth-order valence-corrected chi connectivity index (χ4v) is 2.04. The molecule has 6 heteroatoms. The average Bonchev–Trinajstić information content (AvgIpc) is 2.31. The van der Waals surface area contributed by atoms with Crippen molar-refractivity contribution >= 4 is 23.3 Å². The molecule has 94 valence electrons. The normalized spacial score (nSPS) is 11.7. The predicted molar refractivity (Wildman–Crippen MR) is 64.6 cm³/mol. The Morgan fingerprint density at radius 3 is 2.67 bits per heavy atom. The number of rotatable bonds is 5. The minimum atomic E-state index is -1.07. The Hall–Kier alpha value is -1.74. The fraction of sp³-hybridized carbons (Fsp3) is 0.250. The number of nitrogens with zero attached hydrogens (tertiary/aromatic N) is 1. The van der Waals surface area contributed by atoms with E-state index in [4.69, 9.17) is 10.7 Å². The number of benzene rings is 1. The van der Waals surface area contributed by atoms with Gasteiger partial charge in [-0.15, -0.1) is 11.8 Å². The molecule has 0 aliphatic rings. The molecule has 0 bridgehead atoms. The summed E-state index contributed by atoms with van der Waals surface area (Å²) in [4.78, 5) is 12.0. The van der Waals surface area contributed by atoms with Gasteiger partial charge in [-0.1, -0.05) is 0 Å². The van der Waals surface area contributed by atoms with Gasteiger partial charge in [0.1, 0.15) is 5.92 Å². The quantitative estimate of drug-likeness (QED) is 0.659. The molecule has 0 aliphatic heterocycles. The van der Waals surface area contributed by atoms with E-state index in [1.807, 2.05) is 0 Å². The van der Waals surface area contributed by atoms with Crippen LogP contribution in [0.3, 0.4) is 0 Å². The highest BCUT2D eigenvalue weighted by molar-refractivity contribution is 8.00. The number of nitriles is 1. The molecule has 0 saturated carbocycles. The number of halogens is 2. The van der Waals surface area contributed by atoms with Gasteiger partial charge >= 0.3 is 0 Å². The van der Waals surface area contributed by atoms with Crippen LogP contribution in [0.1, 0.15) is 6.92 Å². The first-order chi connectivity index (χ1) is 8.45. The van der Waals surface area contributed by atoms with Crippen molar-refractivity contribution < 1.29 is 13.6 Å². The van der Waals surface area contributed by atoms with Crippen LogP contribution in [0.25, 0.3) is 0 Å². The summed E-state index contributed by atoms with van der Waals surface area (Å²) >= 11 is 1.01. The van der Waals surface area contributed by atoms with Gasteiger partial charge in [-0.05, 0) is 25.1 Å². The van der Waals surface area contributed by atoms with Crippen LogP contribution in [0.15, 0.2) is 23.1 Å². The van der Waals surface area contributed by atoms with Gasteiger partial charge in [0.15, 0.2) is 17.4 Å². The number of ketones is 1. The highest BCUT2D eigenvalue weighted by atomic mass is 32.2. The second-order valence-electron chi connectivity index (χ2n) is 3.58. The number of thioether (sulfide) groups is 1. The van der Waals surface area contributed by atoms with Gasteiger partial charge in [-0.3, -0.25) is 4.79 Å². The molecule has 0 heterocycles. The van der Waals surface area contributed by atoms with Gasteiger partial charge in [0.05, 0.1) is 11.8 Å². The largest absolute Gasteiger partial charge is 0.308 e. The Morgan fingerprint density at radius 1 is 1.50 bits per heavy atom. The second-order valence-corrected chi connectivity index (χ2v) is 4.62. The number of Topliss-reactive ketones (excluding diaryl/α,β-unsaturated/α-hetero) is 1. The first-order valence-corrected chi connectivity index (χ1v) is 5.99. The third kappa shape index (κ3) is 3.64. The molecular formula is C12H10F2N2OS. The second kappa shape index (κ2) is 6.26. The van der Waals surface area contributed by atoms with E-state index in [0.29, 0.717) is 4.90 Å². The van der Waals surface area contributed by atoms with Crippen molar-refractivity contribution in [3.63, 3.8) is 0 Å². The predicted octanol–water partition coefficient (Wildman–Crippen LogP) is 2.81. The lowest BCUT2D eigenvalue weighted by Gasteiger charge is -2.06. The van der Waals surface area contributed by atoms with Crippen LogP contribution in [-0.4, -0.2) is 17.2 Å². The minimum absolute atomic E-state index is 0.0200. The van der Waals surface area contributed by atoms with Crippen LogP contribution >= 0.6 is 11.8 Å². The summed E-state index contributed by atoms with van der Waals surface area (Å²) < 4.78 is 25.6. The summed E-state index contributed by atoms with van der Waals surface area (Å²) in [5.41, 5.74) is -0.0200. The Labute approximate surface area is 107 Å². The summed E-state index contributed by atoms with van der Waals surface area (Å²) in [5, 5.41) is 16.0. The summed E-state index contributed by atoms with van der Waals surface area (Å²) in [6.45, 7) is 1.38. The van der Waals surface area contributed by atoms with Crippen LogP contribution in [0, 0.1) is 34.3 Å². The van der Waals surface area contributed by atoms with Crippen LogP contribution in [0.4, 0.5) is 8.78 Å². The molecule has 1 aromatic rings. The van der Waals surface area contributed by atoms with Crippen molar-refractivity contribution in [2.45, 2.75) is 11.8 Å². The molecule has 0 aromatic heterocycles. The maximum Gasteiger partial charge on any atom is 0.165 e. The number of nitrogens with one attached hydrogen (secondary N) is 1. The monoisotopic (exact) mass is 268 g/mol. The van der Waals surface area contributed by atoms with Crippen LogP contribution < -0.4 is 0 Å². The van der Waals surface area contributed by atoms with Gasteiger partial charge in [0.2, 0.25) is 0 Å². The Bertz CT molecular complexity index is 525. The molecule has 1 atom stereocenters. The average molecular weight is 268 g/mol. The van der Waals surface area contributed by atoms with Gasteiger partial charge in [-0.25, -0.2) is 8.78 Å². The molecule has 0 amide bonds. The number of carbonyl (C=O) groups excluding carboxylic acids is 1. The molecule has 1 unspecified atom stereocenters. The molecule has 0 aliphatic carbocycles. The highest BCUT2D eigenvalue weighted by Crippen LogP contribution is 2.21. The third-order valence-corrected chi connectivity index (χ3v) is 3.17. The standard InChI is InChI=1S/C12H10F2N2OS/c1-7(16)9(5-15)12(17)6-18-8-2-3-10(13)11(14)4-8/h2-4,9,16H,6H2,1H3. The topological polar surface area (TPSA) is 64.7 Å². The first-order valence-electron chi connectivity index (χ1n) is 5.01. The van der Waals surface area contributed by atoms with Gasteiger partial charge in [0.25, 0.3) is 0 Å². The van der Waals surface area contributed by atoms with Gasteiger partial charge in [-0.2, -0.15) is 5.26 Å². The molecule has 3 nitrogen and oxygen atoms in total. The van der Waals surface area contributed by atoms with E-state index >= 15 is 0 Å². The van der Waals surface area contributed by atoms with E-state index < -0.39 is 23.3 Å². The summed E-state index contributed by atoms with van der Waals surface area (Å²) in [5.74, 6) is -3.47. The molecule has 0 fully saturated rings. The zero-order chi connectivity index (χ0) is 13.7. The molecule has 1 aromatic carbocycles. The third-order valence-electron chi connectivity index (χ3n) is 2.16. The molecule has 1 N–H and O–H groups in total. The molecular weight excluding hydrogens is 258 g/mol. The van der Waals surface area contributed by atoms with E-state index in [1.54, 1.807) is 6.07 Å². The van der Waals surface area contributed by atoms with Crippen molar-refractivity contribution in [1.29, 1.82) is 10.7 Å². The van der Waals surface area contributed by atoms with Crippen molar-refractivity contribution in [2.75, 3.05) is 5.75 Å². The van der Waals surface area contributed by atoms with E-state index in [1.165, 1.54) is 13.0 Å². The molecule has 0 saturated heterocycles. The lowest BCUT2D eigenvalue weighted by Crippen LogP contribution is -2.21. The molecule has 18 heavy (non-hydrogen) atoms.